The molecule has 0 bridgehead atoms. The number of ether oxygens (including phenoxy) is 1. The molecule has 3 N–H and O–H groups in total. The number of carbonyl (C=O) groups excluding carboxylic acids is 1. The fraction of sp³-hybridized carbons (Fsp3) is 0.562. The van der Waals surface area contributed by atoms with Crippen LogP contribution in [0.1, 0.15) is 37.2 Å². The van der Waals surface area contributed by atoms with E-state index < -0.39 is 0 Å². The molecule has 1 aromatic rings. The summed E-state index contributed by atoms with van der Waals surface area (Å²) in [6, 6.07) is 10.8. The lowest BCUT2D eigenvalue weighted by Crippen LogP contribution is -2.47. The van der Waals surface area contributed by atoms with Crippen molar-refractivity contribution in [2.45, 2.75) is 49.9 Å². The van der Waals surface area contributed by atoms with Crippen molar-refractivity contribution < 1.29 is 9.53 Å². The third kappa shape index (κ3) is 2.86. The molecule has 0 aromatic heterocycles. The maximum atomic E-state index is 12.1. The molecule has 20 heavy (non-hydrogen) atoms. The van der Waals surface area contributed by atoms with Crippen molar-refractivity contribution in [3.05, 3.63) is 35.9 Å². The summed E-state index contributed by atoms with van der Waals surface area (Å²) >= 11 is 0. The Balaban J connectivity index is 1.44. The number of rotatable bonds is 4. The van der Waals surface area contributed by atoms with Crippen molar-refractivity contribution in [2.75, 3.05) is 6.54 Å². The molecule has 2 atom stereocenters. The van der Waals surface area contributed by atoms with Crippen molar-refractivity contribution in [2.24, 2.45) is 5.73 Å². The number of nitrogens with two attached hydrogens (primary N) is 1. The van der Waals surface area contributed by atoms with Crippen molar-refractivity contribution in [3.8, 4) is 0 Å². The van der Waals surface area contributed by atoms with Gasteiger partial charge in [-0.1, -0.05) is 30.3 Å². The minimum atomic E-state index is -0.292. The van der Waals surface area contributed by atoms with Crippen molar-refractivity contribution in [1.29, 1.82) is 0 Å². The molecule has 4 nitrogen and oxygen atoms in total. The van der Waals surface area contributed by atoms with Gasteiger partial charge < -0.3 is 15.8 Å². The number of nitrogens with one attached hydrogen (secondary N) is 1. The SMILES string of the molecule is NC[C@H]1CC[C@@H](C(=O)NC2CC(c3ccccc3)C2)O1. The lowest BCUT2D eigenvalue weighted by atomic mass is 9.76. The highest BCUT2D eigenvalue weighted by atomic mass is 16.5. The molecule has 2 aliphatic rings. The molecule has 3 rings (SSSR count). The van der Waals surface area contributed by atoms with Crippen LogP contribution in [0.2, 0.25) is 0 Å². The Morgan fingerprint density at radius 1 is 1.25 bits per heavy atom. The molecule has 1 saturated heterocycles. The van der Waals surface area contributed by atoms with E-state index in [1.54, 1.807) is 0 Å². The number of amides is 1. The summed E-state index contributed by atoms with van der Waals surface area (Å²) in [5, 5.41) is 3.10. The molecule has 1 amide bonds. The van der Waals surface area contributed by atoms with Crippen LogP contribution in [0.5, 0.6) is 0 Å². The molecule has 0 radical (unpaired) electrons. The second-order valence-electron chi connectivity index (χ2n) is 5.84. The molecule has 4 heteroatoms. The monoisotopic (exact) mass is 274 g/mol. The normalized spacial score (nSPS) is 32.6. The van der Waals surface area contributed by atoms with Crippen LogP contribution in [-0.4, -0.2) is 30.7 Å². The van der Waals surface area contributed by atoms with Gasteiger partial charge in [-0.25, -0.2) is 0 Å². The third-order valence-electron chi connectivity index (χ3n) is 4.42. The average Bonchev–Trinajstić information content (AvgIpc) is 2.92. The summed E-state index contributed by atoms with van der Waals surface area (Å²) in [7, 11) is 0. The molecule has 1 aromatic carbocycles. The van der Waals surface area contributed by atoms with E-state index in [-0.39, 0.29) is 18.1 Å². The Morgan fingerprint density at radius 2 is 2.00 bits per heavy atom. The number of hydrogen-bond acceptors (Lipinski definition) is 3. The zero-order valence-corrected chi connectivity index (χ0v) is 11.6. The fourth-order valence-electron chi connectivity index (χ4n) is 3.10. The van der Waals surface area contributed by atoms with Gasteiger partial charge in [0, 0.05) is 12.6 Å². The molecule has 1 aliphatic heterocycles. The lowest BCUT2D eigenvalue weighted by Gasteiger charge is -2.36. The highest BCUT2D eigenvalue weighted by Gasteiger charge is 2.35. The van der Waals surface area contributed by atoms with E-state index in [1.165, 1.54) is 5.56 Å². The summed E-state index contributed by atoms with van der Waals surface area (Å²) in [6.45, 7) is 0.503. The first-order chi connectivity index (χ1) is 9.76. The molecule has 0 spiro atoms. The van der Waals surface area contributed by atoms with E-state index in [0.717, 1.165) is 25.7 Å². The van der Waals surface area contributed by atoms with Gasteiger partial charge in [0.05, 0.1) is 6.10 Å². The highest BCUT2D eigenvalue weighted by molar-refractivity contribution is 5.81. The Hall–Kier alpha value is -1.39. The number of hydrogen-bond donors (Lipinski definition) is 2. The van der Waals surface area contributed by atoms with Crippen LogP contribution in [0.15, 0.2) is 30.3 Å². The van der Waals surface area contributed by atoms with Crippen LogP contribution in [-0.2, 0) is 9.53 Å². The molecular weight excluding hydrogens is 252 g/mol. The number of carbonyl (C=O) groups is 1. The van der Waals surface area contributed by atoms with Gasteiger partial charge in [0.2, 0.25) is 5.91 Å². The maximum Gasteiger partial charge on any atom is 0.249 e. The molecule has 108 valence electrons. The van der Waals surface area contributed by atoms with Crippen LogP contribution >= 0.6 is 0 Å². The summed E-state index contributed by atoms with van der Waals surface area (Å²) in [5.74, 6) is 0.625. The van der Waals surface area contributed by atoms with E-state index in [9.17, 15) is 4.79 Å². The Kier molecular flexibility index (Phi) is 4.03. The topological polar surface area (TPSA) is 64.4 Å². The smallest absolute Gasteiger partial charge is 0.249 e. The molecule has 1 heterocycles. The fourth-order valence-corrected chi connectivity index (χ4v) is 3.10. The Bertz CT molecular complexity index is 457. The molecule has 0 unspecified atom stereocenters. The van der Waals surface area contributed by atoms with Crippen molar-refractivity contribution in [1.82, 2.24) is 5.32 Å². The quantitative estimate of drug-likeness (QED) is 0.875. The first kappa shape index (κ1) is 13.6. The van der Waals surface area contributed by atoms with E-state index in [0.29, 0.717) is 18.5 Å². The standard InChI is InChI=1S/C16H22N2O2/c17-10-14-6-7-15(20-14)16(19)18-13-8-12(9-13)11-4-2-1-3-5-11/h1-5,12-15H,6-10,17H2,(H,18,19)/t12?,13?,14-,15+/m1/s1. The van der Waals surface area contributed by atoms with Crippen LogP contribution in [0.3, 0.4) is 0 Å². The largest absolute Gasteiger partial charge is 0.364 e. The van der Waals surface area contributed by atoms with Gasteiger partial charge in [0.1, 0.15) is 6.10 Å². The molecular formula is C16H22N2O2. The van der Waals surface area contributed by atoms with Crippen LogP contribution in [0.4, 0.5) is 0 Å². The summed E-state index contributed by atoms with van der Waals surface area (Å²) in [6.07, 6.45) is 3.52. The molecule has 1 aliphatic carbocycles. The van der Waals surface area contributed by atoms with Gasteiger partial charge in [-0.3, -0.25) is 4.79 Å². The van der Waals surface area contributed by atoms with Gasteiger partial charge >= 0.3 is 0 Å². The van der Waals surface area contributed by atoms with Gasteiger partial charge in [0.15, 0.2) is 0 Å². The highest BCUT2D eigenvalue weighted by Crippen LogP contribution is 2.36. The van der Waals surface area contributed by atoms with Gasteiger partial charge in [-0.05, 0) is 37.2 Å². The third-order valence-corrected chi connectivity index (χ3v) is 4.42. The van der Waals surface area contributed by atoms with Gasteiger partial charge in [-0.15, -0.1) is 0 Å². The maximum absolute atomic E-state index is 12.1. The summed E-state index contributed by atoms with van der Waals surface area (Å²) in [5.41, 5.74) is 6.93. The van der Waals surface area contributed by atoms with Crippen molar-refractivity contribution in [3.63, 3.8) is 0 Å². The minimum absolute atomic E-state index is 0.0393. The van der Waals surface area contributed by atoms with E-state index in [2.05, 4.69) is 29.6 Å². The average molecular weight is 274 g/mol. The molecule has 2 fully saturated rings. The minimum Gasteiger partial charge on any atom is -0.364 e. The van der Waals surface area contributed by atoms with Crippen LogP contribution in [0.25, 0.3) is 0 Å². The summed E-state index contributed by atoms with van der Waals surface area (Å²) < 4.78 is 5.62. The second-order valence-corrected chi connectivity index (χ2v) is 5.84. The zero-order valence-electron chi connectivity index (χ0n) is 11.6. The van der Waals surface area contributed by atoms with Crippen molar-refractivity contribution >= 4 is 5.91 Å². The van der Waals surface area contributed by atoms with Crippen LogP contribution in [0, 0.1) is 0 Å². The Labute approximate surface area is 119 Å². The summed E-state index contributed by atoms with van der Waals surface area (Å²) in [4.78, 5) is 12.1. The van der Waals surface area contributed by atoms with E-state index in [1.807, 2.05) is 6.07 Å². The lowest BCUT2D eigenvalue weighted by molar-refractivity contribution is -0.133. The Morgan fingerprint density at radius 3 is 2.65 bits per heavy atom. The van der Waals surface area contributed by atoms with Gasteiger partial charge in [-0.2, -0.15) is 0 Å². The zero-order chi connectivity index (χ0) is 13.9. The van der Waals surface area contributed by atoms with E-state index in [4.69, 9.17) is 10.5 Å². The van der Waals surface area contributed by atoms with Crippen LogP contribution < -0.4 is 11.1 Å². The molecule has 1 saturated carbocycles. The van der Waals surface area contributed by atoms with E-state index >= 15 is 0 Å². The van der Waals surface area contributed by atoms with Gasteiger partial charge in [0.25, 0.3) is 0 Å². The second kappa shape index (κ2) is 5.94. The first-order valence-electron chi connectivity index (χ1n) is 7.47. The predicted molar refractivity (Wildman–Crippen MR) is 77.3 cm³/mol. The first-order valence-corrected chi connectivity index (χ1v) is 7.47. The predicted octanol–water partition coefficient (Wildman–Crippen LogP) is 1.56. The number of benzene rings is 1.